The molecule has 0 spiro atoms. The van der Waals surface area contributed by atoms with Gasteiger partial charge in [-0.1, -0.05) is 64.1 Å². The number of nitrogens with zero attached hydrogens (tertiary/aromatic N) is 1. The van der Waals surface area contributed by atoms with E-state index in [4.69, 9.17) is 0 Å². The van der Waals surface area contributed by atoms with Crippen LogP contribution in [0.1, 0.15) is 79.9 Å². The van der Waals surface area contributed by atoms with E-state index in [1.807, 2.05) is 17.0 Å². The summed E-state index contributed by atoms with van der Waals surface area (Å²) in [7, 11) is 0. The van der Waals surface area contributed by atoms with Crippen LogP contribution in [0.3, 0.4) is 0 Å². The van der Waals surface area contributed by atoms with Crippen LogP contribution in [0.2, 0.25) is 0 Å². The summed E-state index contributed by atoms with van der Waals surface area (Å²) in [4.78, 5) is 27.1. The lowest BCUT2D eigenvalue weighted by atomic mass is 9.95. The Hall–Kier alpha value is -2.42. The van der Waals surface area contributed by atoms with Gasteiger partial charge in [0.05, 0.1) is 0 Å². The number of benzene rings is 2. The van der Waals surface area contributed by atoms with Crippen molar-refractivity contribution in [3.8, 4) is 0 Å². The topological polar surface area (TPSA) is 37.4 Å². The molecule has 3 rings (SSSR count). The van der Waals surface area contributed by atoms with E-state index in [9.17, 15) is 9.59 Å². The van der Waals surface area contributed by atoms with Gasteiger partial charge in [-0.15, -0.1) is 0 Å². The molecule has 154 valence electrons. The molecule has 0 unspecified atom stereocenters. The van der Waals surface area contributed by atoms with Gasteiger partial charge in [-0.3, -0.25) is 9.59 Å². The molecule has 0 fully saturated rings. The van der Waals surface area contributed by atoms with E-state index in [0.717, 1.165) is 37.1 Å². The molecule has 2 aromatic carbocycles. The molecule has 0 N–H and O–H groups in total. The molecule has 0 radical (unpaired) electrons. The van der Waals surface area contributed by atoms with Crippen LogP contribution < -0.4 is 4.90 Å². The Morgan fingerprint density at radius 3 is 2.38 bits per heavy atom. The van der Waals surface area contributed by atoms with Gasteiger partial charge in [-0.2, -0.15) is 0 Å². The maximum atomic E-state index is 12.6. The van der Waals surface area contributed by atoms with Crippen LogP contribution in [-0.4, -0.2) is 18.2 Å². The predicted molar refractivity (Wildman–Crippen MR) is 120 cm³/mol. The zero-order chi connectivity index (χ0) is 21.0. The largest absolute Gasteiger partial charge is 0.312 e. The fourth-order valence-corrected chi connectivity index (χ4v) is 3.98. The molecular formula is C26H33NO2. The maximum Gasteiger partial charge on any atom is 0.227 e. The van der Waals surface area contributed by atoms with Gasteiger partial charge in [0.25, 0.3) is 0 Å². The third kappa shape index (κ3) is 5.35. The maximum absolute atomic E-state index is 12.6. The molecule has 0 aromatic heterocycles. The molecule has 1 amide bonds. The number of hydrogen-bond acceptors (Lipinski definition) is 2. The average Bonchev–Trinajstić information content (AvgIpc) is 2.70. The number of carbonyl (C=O) groups excluding carboxylic acids is 2. The van der Waals surface area contributed by atoms with Crippen LogP contribution in [0.15, 0.2) is 42.5 Å². The minimum Gasteiger partial charge on any atom is -0.312 e. The molecule has 0 saturated carbocycles. The Morgan fingerprint density at radius 2 is 1.72 bits per heavy atom. The van der Waals surface area contributed by atoms with Gasteiger partial charge in [-0.25, -0.2) is 0 Å². The second-order valence-electron chi connectivity index (χ2n) is 8.91. The van der Waals surface area contributed by atoms with Crippen LogP contribution >= 0.6 is 0 Å². The van der Waals surface area contributed by atoms with Crippen molar-refractivity contribution in [2.75, 3.05) is 11.4 Å². The van der Waals surface area contributed by atoms with E-state index in [0.29, 0.717) is 24.7 Å². The van der Waals surface area contributed by atoms with Crippen LogP contribution in [-0.2, 0) is 17.6 Å². The zero-order valence-electron chi connectivity index (χ0n) is 18.2. The second kappa shape index (κ2) is 9.39. The summed E-state index contributed by atoms with van der Waals surface area (Å²) < 4.78 is 0. The molecule has 1 heterocycles. The van der Waals surface area contributed by atoms with Crippen molar-refractivity contribution in [1.29, 1.82) is 0 Å². The van der Waals surface area contributed by atoms with Crippen molar-refractivity contribution in [3.63, 3.8) is 0 Å². The monoisotopic (exact) mass is 391 g/mol. The number of carbonyl (C=O) groups is 2. The van der Waals surface area contributed by atoms with Gasteiger partial charge >= 0.3 is 0 Å². The lowest BCUT2D eigenvalue weighted by molar-refractivity contribution is -0.119. The normalized spacial score (nSPS) is 13.7. The smallest absolute Gasteiger partial charge is 0.227 e. The van der Waals surface area contributed by atoms with Crippen LogP contribution in [0, 0.1) is 5.92 Å². The number of hydrogen-bond donors (Lipinski definition) is 0. The highest BCUT2D eigenvalue weighted by molar-refractivity contribution is 5.96. The van der Waals surface area contributed by atoms with Gasteiger partial charge in [0.2, 0.25) is 5.91 Å². The molecular weight excluding hydrogens is 358 g/mol. The van der Waals surface area contributed by atoms with E-state index in [1.54, 1.807) is 0 Å². The number of anilines is 1. The van der Waals surface area contributed by atoms with E-state index in [1.165, 1.54) is 16.7 Å². The molecule has 1 aliphatic rings. The van der Waals surface area contributed by atoms with Crippen molar-refractivity contribution in [2.45, 2.75) is 65.7 Å². The van der Waals surface area contributed by atoms with Gasteiger partial charge < -0.3 is 4.90 Å². The lowest BCUT2D eigenvalue weighted by Crippen LogP contribution is -2.36. The average molecular weight is 392 g/mol. The zero-order valence-corrected chi connectivity index (χ0v) is 18.2. The fraction of sp³-hybridized carbons (Fsp3) is 0.462. The molecule has 2 aromatic rings. The van der Waals surface area contributed by atoms with Crippen LogP contribution in [0.5, 0.6) is 0 Å². The molecule has 0 atom stereocenters. The van der Waals surface area contributed by atoms with E-state index in [-0.39, 0.29) is 11.7 Å². The summed E-state index contributed by atoms with van der Waals surface area (Å²) in [6.45, 7) is 9.29. The SMILES string of the molecule is CC(C)CC(=O)N1CCCc2cc(CCC(=O)c3ccc(C(C)C)cc3)ccc21. The Bertz CT molecular complexity index is 865. The fourth-order valence-electron chi connectivity index (χ4n) is 3.98. The predicted octanol–water partition coefficient (Wildman–Crippen LogP) is 5.95. The third-order valence-electron chi connectivity index (χ3n) is 5.69. The first-order valence-electron chi connectivity index (χ1n) is 10.9. The van der Waals surface area contributed by atoms with Crippen molar-refractivity contribution >= 4 is 17.4 Å². The number of Topliss-reactive ketones (excluding diaryl/α,β-unsaturated/α-hetero) is 1. The molecule has 0 bridgehead atoms. The van der Waals surface area contributed by atoms with Crippen molar-refractivity contribution in [2.24, 2.45) is 5.92 Å². The van der Waals surface area contributed by atoms with E-state index < -0.39 is 0 Å². The number of rotatable bonds is 7. The molecule has 3 nitrogen and oxygen atoms in total. The first-order valence-corrected chi connectivity index (χ1v) is 10.9. The van der Waals surface area contributed by atoms with Gasteiger partial charge in [0.1, 0.15) is 0 Å². The number of ketones is 1. The molecule has 29 heavy (non-hydrogen) atoms. The summed E-state index contributed by atoms with van der Waals surface area (Å²) >= 11 is 0. The minimum absolute atomic E-state index is 0.187. The Balaban J connectivity index is 1.65. The summed E-state index contributed by atoms with van der Waals surface area (Å²) in [5.41, 5.74) is 5.51. The number of fused-ring (bicyclic) bond motifs is 1. The standard InChI is InChI=1S/C26H33NO2/c1-18(2)16-26(29)27-15-5-6-23-17-20(7-13-24(23)27)8-14-25(28)22-11-9-21(10-12-22)19(3)4/h7,9-13,17-19H,5-6,8,14-16H2,1-4H3. The van der Waals surface area contributed by atoms with Crippen LogP contribution in [0.25, 0.3) is 0 Å². The molecule has 3 heteroatoms. The Labute approximate surface area is 175 Å². The van der Waals surface area contributed by atoms with Gasteiger partial charge in [0, 0.05) is 30.6 Å². The van der Waals surface area contributed by atoms with Crippen molar-refractivity contribution in [3.05, 3.63) is 64.7 Å². The van der Waals surface area contributed by atoms with E-state index in [2.05, 4.69) is 58.0 Å². The molecule has 1 aliphatic heterocycles. The van der Waals surface area contributed by atoms with E-state index >= 15 is 0 Å². The highest BCUT2D eigenvalue weighted by atomic mass is 16.2. The van der Waals surface area contributed by atoms with Gasteiger partial charge in [-0.05, 0) is 53.9 Å². The third-order valence-corrected chi connectivity index (χ3v) is 5.69. The Morgan fingerprint density at radius 1 is 1.00 bits per heavy atom. The summed E-state index contributed by atoms with van der Waals surface area (Å²) in [5.74, 6) is 1.25. The second-order valence-corrected chi connectivity index (χ2v) is 8.91. The summed E-state index contributed by atoms with van der Waals surface area (Å²) in [6.07, 6.45) is 3.83. The quantitative estimate of drug-likeness (QED) is 0.547. The molecule has 0 saturated heterocycles. The van der Waals surface area contributed by atoms with Crippen molar-refractivity contribution < 1.29 is 9.59 Å². The number of aryl methyl sites for hydroxylation is 2. The molecule has 0 aliphatic carbocycles. The lowest BCUT2D eigenvalue weighted by Gasteiger charge is -2.30. The first kappa shape index (κ1) is 21.3. The summed E-state index contributed by atoms with van der Waals surface area (Å²) in [6, 6.07) is 14.3. The van der Waals surface area contributed by atoms with Crippen molar-refractivity contribution in [1.82, 2.24) is 0 Å². The van der Waals surface area contributed by atoms with Crippen LogP contribution in [0.4, 0.5) is 5.69 Å². The number of amides is 1. The highest BCUT2D eigenvalue weighted by Crippen LogP contribution is 2.29. The first-order chi connectivity index (χ1) is 13.8. The Kier molecular flexibility index (Phi) is 6.89. The van der Waals surface area contributed by atoms with Gasteiger partial charge in [0.15, 0.2) is 5.78 Å². The minimum atomic E-state index is 0.187. The summed E-state index contributed by atoms with van der Waals surface area (Å²) in [5, 5.41) is 0. The highest BCUT2D eigenvalue weighted by Gasteiger charge is 2.23.